The van der Waals surface area contributed by atoms with Gasteiger partial charge in [0, 0.05) is 11.6 Å². The normalized spacial score (nSPS) is 13.2. The second-order valence-corrected chi connectivity index (χ2v) is 5.37. The highest BCUT2D eigenvalue weighted by Crippen LogP contribution is 2.30. The van der Waals surface area contributed by atoms with E-state index in [-0.39, 0.29) is 11.6 Å². The lowest BCUT2D eigenvalue weighted by molar-refractivity contribution is -0.0141. The van der Waals surface area contributed by atoms with Crippen LogP contribution in [0, 0.1) is 0 Å². The molecule has 4 heteroatoms. The first-order valence-electron chi connectivity index (χ1n) is 6.44. The van der Waals surface area contributed by atoms with Crippen LogP contribution in [0.5, 0.6) is 11.5 Å². The minimum Gasteiger partial charge on any atom is -0.497 e. The third-order valence-electron chi connectivity index (χ3n) is 2.85. The Morgan fingerprint density at radius 1 is 1.16 bits per heavy atom. The zero-order valence-corrected chi connectivity index (χ0v) is 12.7. The third-order valence-corrected chi connectivity index (χ3v) is 2.85. The molecule has 0 aliphatic heterocycles. The molecule has 1 N–H and O–H groups in total. The molecule has 0 aliphatic rings. The van der Waals surface area contributed by atoms with Gasteiger partial charge in [0.1, 0.15) is 11.5 Å². The summed E-state index contributed by atoms with van der Waals surface area (Å²) in [6.45, 7) is 6.73. The predicted molar refractivity (Wildman–Crippen MR) is 77.1 cm³/mol. The van der Waals surface area contributed by atoms with Gasteiger partial charge in [-0.15, -0.1) is 0 Å². The maximum absolute atomic E-state index is 5.84. The molecule has 1 aromatic carbocycles. The van der Waals surface area contributed by atoms with Gasteiger partial charge in [-0.2, -0.15) is 0 Å². The first-order valence-corrected chi connectivity index (χ1v) is 6.44. The summed E-state index contributed by atoms with van der Waals surface area (Å²) in [6.07, 6.45) is 0. The Morgan fingerprint density at radius 2 is 1.84 bits per heavy atom. The van der Waals surface area contributed by atoms with Crippen LogP contribution in [0.3, 0.4) is 0 Å². The van der Waals surface area contributed by atoms with Gasteiger partial charge >= 0.3 is 0 Å². The lowest BCUT2D eigenvalue weighted by atomic mass is 10.1. The zero-order chi connectivity index (χ0) is 14.5. The van der Waals surface area contributed by atoms with Crippen molar-refractivity contribution in [3.63, 3.8) is 0 Å². The first-order chi connectivity index (χ1) is 8.91. The predicted octanol–water partition coefficient (Wildman–Crippen LogP) is 2.78. The number of hydrogen-bond acceptors (Lipinski definition) is 4. The largest absolute Gasteiger partial charge is 0.497 e. The molecule has 0 fully saturated rings. The first kappa shape index (κ1) is 15.8. The Balaban J connectivity index is 2.91. The lowest BCUT2D eigenvalue weighted by Crippen LogP contribution is -2.28. The molecular formula is C15H25NO3. The van der Waals surface area contributed by atoms with Crippen LogP contribution >= 0.6 is 0 Å². The topological polar surface area (TPSA) is 39.7 Å². The fourth-order valence-electron chi connectivity index (χ4n) is 1.77. The summed E-state index contributed by atoms with van der Waals surface area (Å²) >= 11 is 0. The van der Waals surface area contributed by atoms with Crippen LogP contribution in [0.15, 0.2) is 18.2 Å². The molecule has 4 nitrogen and oxygen atoms in total. The third kappa shape index (κ3) is 4.73. The van der Waals surface area contributed by atoms with Crippen LogP contribution in [0.25, 0.3) is 0 Å². The van der Waals surface area contributed by atoms with Gasteiger partial charge in [-0.25, -0.2) is 0 Å². The summed E-state index contributed by atoms with van der Waals surface area (Å²) in [7, 11) is 5.22. The van der Waals surface area contributed by atoms with Gasteiger partial charge in [0.05, 0.1) is 32.5 Å². The number of rotatable bonds is 6. The minimum absolute atomic E-state index is 0.0834. The van der Waals surface area contributed by atoms with E-state index in [1.807, 2.05) is 46.0 Å². The van der Waals surface area contributed by atoms with Crippen molar-refractivity contribution < 1.29 is 14.2 Å². The maximum Gasteiger partial charge on any atom is 0.127 e. The number of ether oxygens (including phenoxy) is 3. The highest BCUT2D eigenvalue weighted by Gasteiger charge is 2.19. The lowest BCUT2D eigenvalue weighted by Gasteiger charge is -2.25. The van der Waals surface area contributed by atoms with Crippen molar-refractivity contribution in [1.29, 1.82) is 0 Å². The van der Waals surface area contributed by atoms with Crippen molar-refractivity contribution in [3.05, 3.63) is 23.8 Å². The standard InChI is InChI=1S/C15H25NO3/c1-15(2,3)19-10-13(16-4)12-8-7-11(17-5)9-14(12)18-6/h7-9,13,16H,10H2,1-6H3. The molecule has 0 heterocycles. The van der Waals surface area contributed by atoms with E-state index in [4.69, 9.17) is 14.2 Å². The summed E-state index contributed by atoms with van der Waals surface area (Å²) in [5, 5.41) is 3.26. The Bertz CT molecular complexity index is 399. The second kappa shape index (κ2) is 6.78. The Hall–Kier alpha value is -1.26. The summed E-state index contributed by atoms with van der Waals surface area (Å²) in [5.74, 6) is 1.59. The van der Waals surface area contributed by atoms with Gasteiger partial charge < -0.3 is 19.5 Å². The van der Waals surface area contributed by atoms with Crippen LogP contribution < -0.4 is 14.8 Å². The van der Waals surface area contributed by atoms with Crippen molar-refractivity contribution in [2.45, 2.75) is 32.4 Å². The zero-order valence-electron chi connectivity index (χ0n) is 12.7. The van der Waals surface area contributed by atoms with E-state index in [1.165, 1.54) is 0 Å². The smallest absolute Gasteiger partial charge is 0.127 e. The van der Waals surface area contributed by atoms with Crippen LogP contribution in [0.4, 0.5) is 0 Å². The second-order valence-electron chi connectivity index (χ2n) is 5.37. The van der Waals surface area contributed by atoms with Gasteiger partial charge in [0.15, 0.2) is 0 Å². The molecule has 0 amide bonds. The number of benzene rings is 1. The summed E-state index contributed by atoms with van der Waals surface area (Å²) in [5.41, 5.74) is 0.907. The monoisotopic (exact) mass is 267 g/mol. The van der Waals surface area contributed by atoms with E-state index < -0.39 is 0 Å². The molecule has 1 rings (SSSR count). The molecule has 0 bridgehead atoms. The summed E-state index contributed by atoms with van der Waals surface area (Å²) in [6, 6.07) is 5.90. The van der Waals surface area contributed by atoms with E-state index in [1.54, 1.807) is 14.2 Å². The Morgan fingerprint density at radius 3 is 2.32 bits per heavy atom. The van der Waals surface area contributed by atoms with Gasteiger partial charge in [-0.1, -0.05) is 0 Å². The molecule has 0 saturated carbocycles. The fraction of sp³-hybridized carbons (Fsp3) is 0.600. The Kier molecular flexibility index (Phi) is 5.63. The van der Waals surface area contributed by atoms with Gasteiger partial charge in [-0.05, 0) is 40.0 Å². The molecule has 0 aliphatic carbocycles. The average molecular weight is 267 g/mol. The van der Waals surface area contributed by atoms with Gasteiger partial charge in [-0.3, -0.25) is 0 Å². The number of methoxy groups -OCH3 is 2. The molecule has 0 aromatic heterocycles. The molecule has 19 heavy (non-hydrogen) atoms. The molecule has 1 unspecified atom stereocenters. The van der Waals surface area contributed by atoms with Gasteiger partial charge in [0.25, 0.3) is 0 Å². The average Bonchev–Trinajstić information content (AvgIpc) is 2.38. The van der Waals surface area contributed by atoms with Crippen LogP contribution in [0.2, 0.25) is 0 Å². The van der Waals surface area contributed by atoms with E-state index in [0.29, 0.717) is 6.61 Å². The quantitative estimate of drug-likeness (QED) is 0.860. The fourth-order valence-corrected chi connectivity index (χ4v) is 1.77. The van der Waals surface area contributed by atoms with Crippen molar-refractivity contribution in [2.24, 2.45) is 0 Å². The van der Waals surface area contributed by atoms with Crippen molar-refractivity contribution >= 4 is 0 Å². The minimum atomic E-state index is -0.158. The molecule has 1 atom stereocenters. The van der Waals surface area contributed by atoms with E-state index in [0.717, 1.165) is 17.1 Å². The van der Waals surface area contributed by atoms with Gasteiger partial charge in [0.2, 0.25) is 0 Å². The summed E-state index contributed by atoms with van der Waals surface area (Å²) < 4.78 is 16.5. The highest BCUT2D eigenvalue weighted by molar-refractivity contribution is 5.42. The van der Waals surface area contributed by atoms with Crippen molar-refractivity contribution in [2.75, 3.05) is 27.9 Å². The highest BCUT2D eigenvalue weighted by atomic mass is 16.5. The van der Waals surface area contributed by atoms with Crippen molar-refractivity contribution in [3.8, 4) is 11.5 Å². The van der Waals surface area contributed by atoms with Crippen LogP contribution in [-0.2, 0) is 4.74 Å². The number of hydrogen-bond donors (Lipinski definition) is 1. The SMILES string of the molecule is CNC(COC(C)(C)C)c1ccc(OC)cc1OC. The van der Waals surface area contributed by atoms with E-state index in [9.17, 15) is 0 Å². The molecule has 1 aromatic rings. The molecule has 0 radical (unpaired) electrons. The molecule has 0 spiro atoms. The molecule has 0 saturated heterocycles. The van der Waals surface area contributed by atoms with E-state index in [2.05, 4.69) is 5.32 Å². The number of nitrogens with one attached hydrogen (secondary N) is 1. The maximum atomic E-state index is 5.84. The van der Waals surface area contributed by atoms with Crippen LogP contribution in [0.1, 0.15) is 32.4 Å². The molecule has 108 valence electrons. The summed E-state index contributed by atoms with van der Waals surface area (Å²) in [4.78, 5) is 0. The van der Waals surface area contributed by atoms with Crippen LogP contribution in [-0.4, -0.2) is 33.5 Å². The number of likely N-dealkylation sites (N-methyl/N-ethyl adjacent to an activating group) is 1. The Labute approximate surface area is 116 Å². The van der Waals surface area contributed by atoms with E-state index >= 15 is 0 Å². The van der Waals surface area contributed by atoms with Crippen molar-refractivity contribution in [1.82, 2.24) is 5.32 Å². The molecular weight excluding hydrogens is 242 g/mol.